The van der Waals surface area contributed by atoms with Gasteiger partial charge in [0.2, 0.25) is 0 Å². The van der Waals surface area contributed by atoms with Crippen LogP contribution in [0.25, 0.3) is 0 Å². The Morgan fingerprint density at radius 3 is 2.79 bits per heavy atom. The van der Waals surface area contributed by atoms with Crippen LogP contribution >= 0.6 is 15.9 Å². The van der Waals surface area contributed by atoms with Gasteiger partial charge in [-0.25, -0.2) is 4.79 Å². The molecule has 0 N–H and O–H groups in total. The molecule has 0 saturated carbocycles. The van der Waals surface area contributed by atoms with Gasteiger partial charge in [-0.1, -0.05) is 15.5 Å². The number of nitrogens with zero attached hydrogens (tertiary/aromatic N) is 6. The Kier molecular flexibility index (Phi) is 2.08. The second-order valence-electron chi connectivity index (χ2n) is 2.21. The maximum atomic E-state index is 12.7. The third-order valence-corrected chi connectivity index (χ3v) is 2.04. The molecule has 9 heteroatoms. The maximum Gasteiger partial charge on any atom is 0.373 e. The first-order chi connectivity index (χ1) is 6.70. The van der Waals surface area contributed by atoms with E-state index < -0.39 is 12.0 Å². The van der Waals surface area contributed by atoms with Crippen molar-refractivity contribution in [3.8, 4) is 0 Å². The number of rotatable bonds is 0. The fourth-order valence-corrected chi connectivity index (χ4v) is 1.08. The predicted molar refractivity (Wildman–Crippen MR) is 43.9 cm³/mol. The van der Waals surface area contributed by atoms with E-state index in [0.717, 1.165) is 9.36 Å². The largest absolute Gasteiger partial charge is 0.373 e. The molecule has 2 aromatic heterocycles. The molecule has 2 heterocycles. The van der Waals surface area contributed by atoms with Gasteiger partial charge < -0.3 is 0 Å². The Labute approximate surface area is 84.6 Å². The molecule has 0 unspecified atom stereocenters. The molecule has 0 fully saturated rings. The van der Waals surface area contributed by atoms with Crippen LogP contribution in [0.5, 0.6) is 0 Å². The molecule has 0 amide bonds. The standard InChI is InChI=1S/C5H2BrFN6O/c6-3-4(7)9-11-13(3)5(14)12-2-1-8-10-12/h1-2H. The Balaban J connectivity index is 2.42. The summed E-state index contributed by atoms with van der Waals surface area (Å²) in [4.78, 5) is 11.5. The van der Waals surface area contributed by atoms with Gasteiger partial charge in [-0.3, -0.25) is 0 Å². The molecule has 72 valence electrons. The van der Waals surface area contributed by atoms with Crippen molar-refractivity contribution in [1.29, 1.82) is 0 Å². The van der Waals surface area contributed by atoms with Gasteiger partial charge in [0, 0.05) is 0 Å². The lowest BCUT2D eigenvalue weighted by atomic mass is 10.8. The predicted octanol–water partition coefficient (Wildman–Crippen LogP) is 0.288. The van der Waals surface area contributed by atoms with Crippen molar-refractivity contribution in [2.24, 2.45) is 0 Å². The molecule has 0 aliphatic heterocycles. The lowest BCUT2D eigenvalue weighted by molar-refractivity contribution is 0.236. The van der Waals surface area contributed by atoms with E-state index in [1.165, 1.54) is 12.4 Å². The highest BCUT2D eigenvalue weighted by Gasteiger charge is 2.17. The summed E-state index contributed by atoms with van der Waals surface area (Å²) < 4.78 is 14.2. The van der Waals surface area contributed by atoms with Gasteiger partial charge in [-0.2, -0.15) is 9.07 Å². The summed E-state index contributed by atoms with van der Waals surface area (Å²) in [5, 5.41) is 13.2. The zero-order chi connectivity index (χ0) is 10.1. The minimum Gasteiger partial charge on any atom is -0.243 e. The van der Waals surface area contributed by atoms with Crippen LogP contribution < -0.4 is 0 Å². The van der Waals surface area contributed by atoms with E-state index in [9.17, 15) is 9.18 Å². The fourth-order valence-electron chi connectivity index (χ4n) is 0.781. The molecule has 0 aliphatic rings. The molecular formula is C5H2BrFN6O. The molecule has 2 aromatic rings. The van der Waals surface area contributed by atoms with Crippen LogP contribution in [0.2, 0.25) is 0 Å². The van der Waals surface area contributed by atoms with Crippen LogP contribution in [0.15, 0.2) is 17.0 Å². The normalized spacial score (nSPS) is 10.4. The first-order valence-corrected chi connectivity index (χ1v) is 4.17. The lowest BCUT2D eigenvalue weighted by Crippen LogP contribution is -2.21. The van der Waals surface area contributed by atoms with Crippen molar-refractivity contribution in [1.82, 2.24) is 30.0 Å². The topological polar surface area (TPSA) is 78.5 Å². The average Bonchev–Trinajstić information content (AvgIpc) is 2.77. The minimum atomic E-state index is -0.863. The maximum absolute atomic E-state index is 12.7. The van der Waals surface area contributed by atoms with Crippen molar-refractivity contribution < 1.29 is 9.18 Å². The number of hydrogen-bond acceptors (Lipinski definition) is 5. The van der Waals surface area contributed by atoms with Crippen molar-refractivity contribution in [2.45, 2.75) is 0 Å². The third-order valence-electron chi connectivity index (χ3n) is 1.38. The number of aromatic nitrogens is 6. The fraction of sp³-hybridized carbons (Fsp3) is 0. The zero-order valence-corrected chi connectivity index (χ0v) is 8.09. The molecule has 0 spiro atoms. The number of halogens is 2. The van der Waals surface area contributed by atoms with Crippen LogP contribution in [-0.2, 0) is 0 Å². The minimum absolute atomic E-state index is 0.155. The molecule has 0 bridgehead atoms. The highest BCUT2D eigenvalue weighted by Crippen LogP contribution is 2.11. The second kappa shape index (κ2) is 3.25. The molecule has 0 saturated heterocycles. The number of carbonyl (C=O) groups is 1. The number of carbonyl (C=O) groups excluding carboxylic acids is 1. The van der Waals surface area contributed by atoms with Crippen molar-refractivity contribution >= 4 is 22.0 Å². The second-order valence-corrected chi connectivity index (χ2v) is 2.96. The van der Waals surface area contributed by atoms with Crippen LogP contribution in [0.1, 0.15) is 0 Å². The average molecular weight is 261 g/mol. The quantitative estimate of drug-likeness (QED) is 0.680. The summed E-state index contributed by atoms with van der Waals surface area (Å²) in [6.07, 6.45) is 2.63. The van der Waals surface area contributed by atoms with Crippen LogP contribution in [0, 0.1) is 5.95 Å². The van der Waals surface area contributed by atoms with Crippen LogP contribution in [0.4, 0.5) is 9.18 Å². The smallest absolute Gasteiger partial charge is 0.243 e. The Hall–Kier alpha value is -1.64. The van der Waals surface area contributed by atoms with Gasteiger partial charge in [0.1, 0.15) is 0 Å². The van der Waals surface area contributed by atoms with E-state index in [0.29, 0.717) is 0 Å². The molecule has 2 rings (SSSR count). The van der Waals surface area contributed by atoms with Gasteiger partial charge >= 0.3 is 6.03 Å². The first-order valence-electron chi connectivity index (χ1n) is 3.38. The third kappa shape index (κ3) is 1.31. The zero-order valence-electron chi connectivity index (χ0n) is 6.50. The monoisotopic (exact) mass is 260 g/mol. The van der Waals surface area contributed by atoms with Gasteiger partial charge in [0.05, 0.1) is 12.4 Å². The summed E-state index contributed by atoms with van der Waals surface area (Å²) in [6.45, 7) is 0. The van der Waals surface area contributed by atoms with E-state index in [2.05, 4.69) is 36.6 Å². The highest BCUT2D eigenvalue weighted by molar-refractivity contribution is 9.10. The summed E-state index contributed by atoms with van der Waals surface area (Å²) in [5.74, 6) is -0.863. The van der Waals surface area contributed by atoms with E-state index in [1.807, 2.05) is 0 Å². The molecular weight excluding hydrogens is 259 g/mol. The first kappa shape index (κ1) is 8.94. The lowest BCUT2D eigenvalue weighted by Gasteiger charge is -1.97. The van der Waals surface area contributed by atoms with Gasteiger partial charge in [0.25, 0.3) is 5.95 Å². The van der Waals surface area contributed by atoms with Crippen LogP contribution in [-0.4, -0.2) is 36.0 Å². The van der Waals surface area contributed by atoms with Crippen LogP contribution in [0.3, 0.4) is 0 Å². The van der Waals surface area contributed by atoms with Gasteiger partial charge in [-0.05, 0) is 15.9 Å². The Morgan fingerprint density at radius 2 is 2.29 bits per heavy atom. The molecule has 0 radical (unpaired) electrons. The Bertz CT molecular complexity index is 465. The number of hydrogen-bond donors (Lipinski definition) is 0. The van der Waals surface area contributed by atoms with Crippen molar-refractivity contribution in [2.75, 3.05) is 0 Å². The molecule has 14 heavy (non-hydrogen) atoms. The SMILES string of the molecule is O=C(n1ccnn1)n1nnc(F)c1Br. The molecule has 0 aliphatic carbocycles. The van der Waals surface area contributed by atoms with Crippen molar-refractivity contribution in [3.63, 3.8) is 0 Å². The molecule has 7 nitrogen and oxygen atoms in total. The summed E-state index contributed by atoms with van der Waals surface area (Å²) in [6, 6.07) is -0.675. The highest BCUT2D eigenvalue weighted by atomic mass is 79.9. The summed E-state index contributed by atoms with van der Waals surface area (Å²) >= 11 is 2.82. The van der Waals surface area contributed by atoms with Crippen molar-refractivity contribution in [3.05, 3.63) is 22.9 Å². The van der Waals surface area contributed by atoms with Gasteiger partial charge in [0.15, 0.2) is 4.60 Å². The van der Waals surface area contributed by atoms with E-state index in [4.69, 9.17) is 0 Å². The van der Waals surface area contributed by atoms with E-state index >= 15 is 0 Å². The molecule has 0 aromatic carbocycles. The molecule has 0 atom stereocenters. The Morgan fingerprint density at radius 1 is 1.50 bits per heavy atom. The van der Waals surface area contributed by atoms with E-state index in [-0.39, 0.29) is 4.60 Å². The van der Waals surface area contributed by atoms with E-state index in [1.54, 1.807) is 0 Å². The summed E-state index contributed by atoms with van der Waals surface area (Å²) in [5.41, 5.74) is 0. The summed E-state index contributed by atoms with van der Waals surface area (Å²) in [7, 11) is 0. The van der Waals surface area contributed by atoms with Gasteiger partial charge in [-0.15, -0.1) is 9.78 Å².